The summed E-state index contributed by atoms with van der Waals surface area (Å²) < 4.78 is 6.37. The minimum atomic E-state index is -0.499. The first-order valence-electron chi connectivity index (χ1n) is 11.8. The Hall–Kier alpha value is -1.65. The number of ketones is 1. The fourth-order valence-electron chi connectivity index (χ4n) is 3.54. The van der Waals surface area contributed by atoms with E-state index in [0.29, 0.717) is 17.3 Å². The van der Waals surface area contributed by atoms with Crippen molar-refractivity contribution in [1.29, 1.82) is 0 Å². The van der Waals surface area contributed by atoms with Gasteiger partial charge < -0.3 is 10.5 Å². The van der Waals surface area contributed by atoms with Gasteiger partial charge in [-0.25, -0.2) is 4.99 Å². The Balaban J connectivity index is 0.00000165. The molecule has 1 fully saturated rings. The van der Waals surface area contributed by atoms with E-state index in [4.69, 9.17) is 27.1 Å². The molecule has 1 aromatic carbocycles. The monoisotopic (exact) mass is 450 g/mol. The zero-order valence-corrected chi connectivity index (χ0v) is 21.4. The quantitative estimate of drug-likeness (QED) is 0.430. The normalized spacial score (nSPS) is 20.8. The SMILES string of the molecule is CC.CCC.CCCOC1(CCC)CCC/C(=C(/N)C(C)=O)C1=Nc1cccc(Cl)c1. The molecule has 0 amide bonds. The van der Waals surface area contributed by atoms with Crippen LogP contribution in [0.25, 0.3) is 0 Å². The number of nitrogens with two attached hydrogens (primary N) is 1. The van der Waals surface area contributed by atoms with Crippen LogP contribution in [0.5, 0.6) is 0 Å². The molecule has 2 N–H and O–H groups in total. The van der Waals surface area contributed by atoms with Gasteiger partial charge in [0.05, 0.1) is 17.1 Å². The maximum Gasteiger partial charge on any atom is 0.175 e. The number of halogens is 1. The molecular weight excluding hydrogens is 408 g/mol. The summed E-state index contributed by atoms with van der Waals surface area (Å²) in [5.74, 6) is -0.124. The second-order valence-electron chi connectivity index (χ2n) is 7.54. The van der Waals surface area contributed by atoms with Gasteiger partial charge in [-0.15, -0.1) is 0 Å². The topological polar surface area (TPSA) is 64.7 Å². The molecule has 5 heteroatoms. The number of ether oxygens (including phenoxy) is 1. The zero-order valence-electron chi connectivity index (χ0n) is 20.7. The molecule has 0 spiro atoms. The number of hydrogen-bond acceptors (Lipinski definition) is 4. The Kier molecular flexibility index (Phi) is 15.2. The summed E-state index contributed by atoms with van der Waals surface area (Å²) in [7, 11) is 0. The second kappa shape index (κ2) is 16.0. The molecule has 0 saturated heterocycles. The van der Waals surface area contributed by atoms with Gasteiger partial charge in [0.25, 0.3) is 0 Å². The van der Waals surface area contributed by atoms with Crippen LogP contribution in [-0.2, 0) is 9.53 Å². The minimum absolute atomic E-state index is 0.124. The van der Waals surface area contributed by atoms with Gasteiger partial charge in [-0.2, -0.15) is 0 Å². The minimum Gasteiger partial charge on any atom is -0.396 e. The number of aliphatic imine (C=N–C) groups is 1. The van der Waals surface area contributed by atoms with Crippen molar-refractivity contribution >= 4 is 28.8 Å². The third kappa shape index (κ3) is 9.16. The Morgan fingerprint density at radius 1 is 1.19 bits per heavy atom. The third-order valence-corrected chi connectivity index (χ3v) is 4.95. The van der Waals surface area contributed by atoms with Crippen molar-refractivity contribution in [2.45, 2.75) is 99.0 Å². The first kappa shape index (κ1) is 29.4. The van der Waals surface area contributed by atoms with Gasteiger partial charge in [-0.1, -0.05) is 72.1 Å². The van der Waals surface area contributed by atoms with Gasteiger partial charge in [-0.3, -0.25) is 4.79 Å². The highest BCUT2D eigenvalue weighted by Crippen LogP contribution is 2.39. The van der Waals surface area contributed by atoms with Gasteiger partial charge in [-0.05, 0) is 50.3 Å². The van der Waals surface area contributed by atoms with Crippen molar-refractivity contribution in [2.24, 2.45) is 10.7 Å². The molecule has 1 atom stereocenters. The van der Waals surface area contributed by atoms with Crippen LogP contribution in [0.3, 0.4) is 0 Å². The highest BCUT2D eigenvalue weighted by molar-refractivity contribution is 6.30. The fourth-order valence-corrected chi connectivity index (χ4v) is 3.72. The van der Waals surface area contributed by atoms with Crippen molar-refractivity contribution in [1.82, 2.24) is 0 Å². The van der Waals surface area contributed by atoms with E-state index in [-0.39, 0.29) is 5.78 Å². The van der Waals surface area contributed by atoms with E-state index in [1.165, 1.54) is 13.3 Å². The highest BCUT2D eigenvalue weighted by atomic mass is 35.5. The number of hydrogen-bond donors (Lipinski definition) is 1. The maximum atomic E-state index is 12.0. The average molecular weight is 451 g/mol. The Bertz CT molecular complexity index is 724. The molecule has 0 bridgehead atoms. The molecular formula is C26H43ClN2O2. The smallest absolute Gasteiger partial charge is 0.175 e. The van der Waals surface area contributed by atoms with Crippen molar-refractivity contribution in [3.05, 3.63) is 40.6 Å². The molecule has 1 aliphatic carbocycles. The highest BCUT2D eigenvalue weighted by Gasteiger charge is 2.41. The first-order chi connectivity index (χ1) is 14.8. The van der Waals surface area contributed by atoms with Crippen molar-refractivity contribution in [3.8, 4) is 0 Å². The van der Waals surface area contributed by atoms with Crippen LogP contribution in [0, 0.1) is 0 Å². The summed E-state index contributed by atoms with van der Waals surface area (Å²) in [5, 5.41) is 0.628. The molecule has 31 heavy (non-hydrogen) atoms. The van der Waals surface area contributed by atoms with E-state index in [1.54, 1.807) is 0 Å². The lowest BCUT2D eigenvalue weighted by Crippen LogP contribution is -2.46. The Labute approximate surface area is 195 Å². The van der Waals surface area contributed by atoms with Crippen LogP contribution in [-0.4, -0.2) is 23.7 Å². The number of Topliss-reactive ketones (excluding diaryl/α,β-unsaturated/α-hetero) is 1. The van der Waals surface area contributed by atoms with E-state index in [0.717, 1.165) is 55.5 Å². The number of carbonyl (C=O) groups excluding carboxylic acids is 1. The average Bonchev–Trinajstić information content (AvgIpc) is 2.75. The van der Waals surface area contributed by atoms with Crippen molar-refractivity contribution in [3.63, 3.8) is 0 Å². The second-order valence-corrected chi connectivity index (χ2v) is 7.98. The molecule has 1 aliphatic rings. The summed E-state index contributed by atoms with van der Waals surface area (Å²) in [4.78, 5) is 16.9. The van der Waals surface area contributed by atoms with Gasteiger partial charge >= 0.3 is 0 Å². The lowest BCUT2D eigenvalue weighted by atomic mass is 9.75. The van der Waals surface area contributed by atoms with E-state index in [2.05, 4.69) is 27.7 Å². The van der Waals surface area contributed by atoms with Gasteiger partial charge in [0.15, 0.2) is 5.78 Å². The Morgan fingerprint density at radius 2 is 1.84 bits per heavy atom. The van der Waals surface area contributed by atoms with E-state index < -0.39 is 5.60 Å². The fraction of sp³-hybridized carbons (Fsp3) is 0.615. The molecule has 176 valence electrons. The molecule has 4 nitrogen and oxygen atoms in total. The predicted octanol–water partition coefficient (Wildman–Crippen LogP) is 7.81. The number of allylic oxidation sites excluding steroid dienone is 1. The molecule has 0 heterocycles. The maximum absolute atomic E-state index is 12.0. The predicted molar refractivity (Wildman–Crippen MR) is 135 cm³/mol. The van der Waals surface area contributed by atoms with E-state index >= 15 is 0 Å². The molecule has 2 rings (SSSR count). The zero-order chi connectivity index (χ0) is 23.9. The molecule has 0 radical (unpaired) electrons. The third-order valence-electron chi connectivity index (χ3n) is 4.71. The molecule has 1 aromatic rings. The van der Waals surface area contributed by atoms with Crippen LogP contribution in [0.2, 0.25) is 5.02 Å². The van der Waals surface area contributed by atoms with Crippen LogP contribution in [0.1, 0.15) is 93.4 Å². The Morgan fingerprint density at radius 3 is 2.35 bits per heavy atom. The van der Waals surface area contributed by atoms with Gasteiger partial charge in [0.1, 0.15) is 5.60 Å². The lowest BCUT2D eigenvalue weighted by Gasteiger charge is -2.40. The van der Waals surface area contributed by atoms with Gasteiger partial charge in [0.2, 0.25) is 0 Å². The summed E-state index contributed by atoms with van der Waals surface area (Å²) in [6.07, 6.45) is 6.55. The summed E-state index contributed by atoms with van der Waals surface area (Å²) in [5.41, 5.74) is 8.36. The summed E-state index contributed by atoms with van der Waals surface area (Å²) in [6, 6.07) is 7.42. The number of carbonyl (C=O) groups is 1. The number of rotatable bonds is 7. The standard InChI is InChI=1S/C21H29ClN2O2.C3H8.C2H6/c1-4-11-21(26-13-5-2)12-7-10-18(19(23)15(3)25)20(21)24-17-9-6-8-16(22)14-17;1-3-2;1-2/h6,8-9,14H,4-5,7,10-13,23H2,1-3H3;3H2,1-2H3;1-2H3/b19-18-,24-20?;;. The van der Waals surface area contributed by atoms with E-state index in [9.17, 15) is 4.79 Å². The van der Waals surface area contributed by atoms with Gasteiger partial charge in [0, 0.05) is 24.1 Å². The van der Waals surface area contributed by atoms with Crippen molar-refractivity contribution < 1.29 is 9.53 Å². The molecule has 1 saturated carbocycles. The van der Waals surface area contributed by atoms with Crippen molar-refractivity contribution in [2.75, 3.05) is 6.61 Å². The number of nitrogens with zero attached hydrogens (tertiary/aromatic N) is 1. The first-order valence-corrected chi connectivity index (χ1v) is 12.2. The van der Waals surface area contributed by atoms with E-state index in [1.807, 2.05) is 38.1 Å². The van der Waals surface area contributed by atoms with Crippen LogP contribution < -0.4 is 5.73 Å². The van der Waals surface area contributed by atoms with Crippen LogP contribution in [0.4, 0.5) is 5.69 Å². The lowest BCUT2D eigenvalue weighted by molar-refractivity contribution is -0.113. The largest absolute Gasteiger partial charge is 0.396 e. The van der Waals surface area contributed by atoms with Crippen LogP contribution >= 0.6 is 11.6 Å². The molecule has 1 unspecified atom stereocenters. The number of benzene rings is 1. The van der Waals surface area contributed by atoms with Crippen LogP contribution in [0.15, 0.2) is 40.5 Å². The summed E-state index contributed by atoms with van der Waals surface area (Å²) in [6.45, 7) is 14.6. The summed E-state index contributed by atoms with van der Waals surface area (Å²) >= 11 is 6.14. The molecule has 0 aromatic heterocycles. The molecule has 0 aliphatic heterocycles.